The molecule has 0 unspecified atom stereocenters. The molecule has 0 saturated heterocycles. The molecule has 3 heteroatoms. The number of carbonyl (C=O) groups is 1. The molecular weight excluding hydrogens is 284 g/mol. The average molecular weight is 304 g/mol. The molecule has 0 spiro atoms. The predicted molar refractivity (Wildman–Crippen MR) is 94.1 cm³/mol. The quantitative estimate of drug-likeness (QED) is 0.672. The van der Waals surface area contributed by atoms with Crippen LogP contribution in [0.1, 0.15) is 27.8 Å². The summed E-state index contributed by atoms with van der Waals surface area (Å²) in [5, 5.41) is 12.2. The van der Waals surface area contributed by atoms with E-state index in [4.69, 9.17) is 0 Å². The van der Waals surface area contributed by atoms with E-state index >= 15 is 0 Å². The van der Waals surface area contributed by atoms with Crippen molar-refractivity contribution in [3.05, 3.63) is 69.8 Å². The van der Waals surface area contributed by atoms with Gasteiger partial charge in [-0.05, 0) is 62.1 Å². The van der Waals surface area contributed by atoms with Crippen molar-refractivity contribution in [3.8, 4) is 6.07 Å². The van der Waals surface area contributed by atoms with E-state index in [1.807, 2.05) is 70.2 Å². The fraction of sp³-hybridized carbons (Fsp3) is 0.200. The second-order valence-electron chi connectivity index (χ2n) is 5.75. The van der Waals surface area contributed by atoms with Crippen LogP contribution in [-0.2, 0) is 4.79 Å². The molecule has 0 aliphatic heterocycles. The first-order chi connectivity index (χ1) is 10.9. The zero-order chi connectivity index (χ0) is 17.0. The second kappa shape index (κ2) is 6.93. The molecule has 3 nitrogen and oxygen atoms in total. The smallest absolute Gasteiger partial charge is 0.266 e. The number of nitrogens with one attached hydrogen (secondary N) is 1. The Morgan fingerprint density at radius 2 is 1.65 bits per heavy atom. The number of amides is 1. The van der Waals surface area contributed by atoms with Crippen molar-refractivity contribution >= 4 is 17.7 Å². The van der Waals surface area contributed by atoms with Crippen LogP contribution < -0.4 is 5.32 Å². The lowest BCUT2D eigenvalue weighted by Gasteiger charge is -2.10. The minimum absolute atomic E-state index is 0.100. The highest BCUT2D eigenvalue weighted by atomic mass is 16.1. The lowest BCUT2D eigenvalue weighted by molar-refractivity contribution is -0.112. The summed E-state index contributed by atoms with van der Waals surface area (Å²) in [6.07, 6.45) is 1.66. The molecule has 1 N–H and O–H groups in total. The Labute approximate surface area is 137 Å². The lowest BCUT2D eigenvalue weighted by Crippen LogP contribution is -2.14. The first-order valence-electron chi connectivity index (χ1n) is 7.49. The Balaban J connectivity index is 2.35. The van der Waals surface area contributed by atoms with E-state index in [9.17, 15) is 10.1 Å². The number of anilines is 1. The third-order valence-corrected chi connectivity index (χ3v) is 3.79. The molecule has 0 aliphatic rings. The standard InChI is InChI=1S/C20H20N2O/c1-13-9-15(3)18(16(4)10-13)11-17(12-21)20(23)22-19-8-6-5-7-14(19)2/h5-11H,1-4H3,(H,22,23)/b17-11-. The molecule has 2 rings (SSSR count). The van der Waals surface area contributed by atoms with Gasteiger partial charge in [-0.15, -0.1) is 0 Å². The van der Waals surface area contributed by atoms with E-state index in [2.05, 4.69) is 5.32 Å². The van der Waals surface area contributed by atoms with Gasteiger partial charge in [-0.1, -0.05) is 35.9 Å². The van der Waals surface area contributed by atoms with Crippen LogP contribution >= 0.6 is 0 Å². The molecule has 0 radical (unpaired) electrons. The monoisotopic (exact) mass is 304 g/mol. The van der Waals surface area contributed by atoms with Crippen LogP contribution in [-0.4, -0.2) is 5.91 Å². The maximum absolute atomic E-state index is 12.4. The van der Waals surface area contributed by atoms with Crippen LogP contribution in [0.25, 0.3) is 6.08 Å². The molecule has 0 aliphatic carbocycles. The number of rotatable bonds is 3. The van der Waals surface area contributed by atoms with Crippen molar-refractivity contribution in [2.75, 3.05) is 5.32 Å². The van der Waals surface area contributed by atoms with Crippen molar-refractivity contribution < 1.29 is 4.79 Å². The van der Waals surface area contributed by atoms with Crippen LogP contribution in [0.15, 0.2) is 42.0 Å². The van der Waals surface area contributed by atoms with Crippen molar-refractivity contribution in [2.45, 2.75) is 27.7 Å². The number of benzene rings is 2. The van der Waals surface area contributed by atoms with Gasteiger partial charge in [0.25, 0.3) is 5.91 Å². The van der Waals surface area contributed by atoms with Gasteiger partial charge >= 0.3 is 0 Å². The lowest BCUT2D eigenvalue weighted by atomic mass is 9.98. The van der Waals surface area contributed by atoms with Gasteiger partial charge in [-0.25, -0.2) is 0 Å². The SMILES string of the molecule is Cc1cc(C)c(/C=C(/C#N)C(=O)Nc2ccccc2C)c(C)c1. The Morgan fingerprint density at radius 1 is 1.04 bits per heavy atom. The summed E-state index contributed by atoms with van der Waals surface area (Å²) in [7, 11) is 0. The number of hydrogen-bond donors (Lipinski definition) is 1. The normalized spacial score (nSPS) is 11.0. The van der Waals surface area contributed by atoms with Gasteiger partial charge in [0.05, 0.1) is 0 Å². The third-order valence-electron chi connectivity index (χ3n) is 3.79. The third kappa shape index (κ3) is 3.87. The van der Waals surface area contributed by atoms with Gasteiger partial charge in [0.15, 0.2) is 0 Å². The fourth-order valence-electron chi connectivity index (χ4n) is 2.61. The molecule has 2 aromatic rings. The van der Waals surface area contributed by atoms with Crippen LogP contribution in [0.2, 0.25) is 0 Å². The van der Waals surface area contributed by atoms with Crippen molar-refractivity contribution in [1.29, 1.82) is 5.26 Å². The number of hydrogen-bond acceptors (Lipinski definition) is 2. The van der Waals surface area contributed by atoms with Crippen LogP contribution in [0.3, 0.4) is 0 Å². The molecule has 1 amide bonds. The first-order valence-corrected chi connectivity index (χ1v) is 7.49. The van der Waals surface area contributed by atoms with E-state index in [-0.39, 0.29) is 11.5 Å². The highest BCUT2D eigenvalue weighted by Crippen LogP contribution is 2.20. The van der Waals surface area contributed by atoms with Crippen LogP contribution in [0.5, 0.6) is 0 Å². The van der Waals surface area contributed by atoms with E-state index in [1.54, 1.807) is 6.08 Å². The zero-order valence-electron chi connectivity index (χ0n) is 13.9. The highest BCUT2D eigenvalue weighted by Gasteiger charge is 2.12. The molecule has 2 aromatic carbocycles. The Hall–Kier alpha value is -2.86. The zero-order valence-corrected chi connectivity index (χ0v) is 13.9. The van der Waals surface area contributed by atoms with Gasteiger partial charge in [0.1, 0.15) is 11.6 Å². The van der Waals surface area contributed by atoms with Crippen molar-refractivity contribution in [2.24, 2.45) is 0 Å². The molecule has 0 fully saturated rings. The van der Waals surface area contributed by atoms with Gasteiger partial charge in [-0.3, -0.25) is 4.79 Å². The molecule has 0 aromatic heterocycles. The molecule has 0 saturated carbocycles. The summed E-state index contributed by atoms with van der Waals surface area (Å²) in [5.74, 6) is -0.388. The Morgan fingerprint density at radius 3 is 2.22 bits per heavy atom. The molecule has 23 heavy (non-hydrogen) atoms. The Kier molecular flexibility index (Phi) is 4.98. The van der Waals surface area contributed by atoms with Gasteiger partial charge < -0.3 is 5.32 Å². The summed E-state index contributed by atoms with van der Waals surface area (Å²) in [6, 6.07) is 13.6. The van der Waals surface area contributed by atoms with Gasteiger partial charge in [0, 0.05) is 5.69 Å². The number of aryl methyl sites for hydroxylation is 4. The van der Waals surface area contributed by atoms with Crippen molar-refractivity contribution in [3.63, 3.8) is 0 Å². The minimum Gasteiger partial charge on any atom is -0.321 e. The van der Waals surface area contributed by atoms with Gasteiger partial charge in [0.2, 0.25) is 0 Å². The molecule has 0 atom stereocenters. The van der Waals surface area contributed by atoms with Gasteiger partial charge in [-0.2, -0.15) is 5.26 Å². The minimum atomic E-state index is -0.388. The summed E-state index contributed by atoms with van der Waals surface area (Å²) in [6.45, 7) is 7.92. The largest absolute Gasteiger partial charge is 0.321 e. The fourth-order valence-corrected chi connectivity index (χ4v) is 2.61. The maximum atomic E-state index is 12.4. The molecule has 0 bridgehead atoms. The topological polar surface area (TPSA) is 52.9 Å². The van der Waals surface area contributed by atoms with E-state index in [0.717, 1.165) is 27.9 Å². The average Bonchev–Trinajstić information content (AvgIpc) is 2.48. The summed E-state index contributed by atoms with van der Waals surface area (Å²) >= 11 is 0. The van der Waals surface area contributed by atoms with E-state index in [1.165, 1.54) is 5.56 Å². The predicted octanol–water partition coefficient (Wildman–Crippen LogP) is 4.47. The van der Waals surface area contributed by atoms with Crippen LogP contribution in [0, 0.1) is 39.0 Å². The number of nitriles is 1. The summed E-state index contributed by atoms with van der Waals surface area (Å²) in [5.41, 5.74) is 5.98. The Bertz CT molecular complexity index is 803. The summed E-state index contributed by atoms with van der Waals surface area (Å²) in [4.78, 5) is 12.4. The molecular formula is C20H20N2O. The second-order valence-corrected chi connectivity index (χ2v) is 5.75. The molecule has 0 heterocycles. The van der Waals surface area contributed by atoms with Crippen molar-refractivity contribution in [1.82, 2.24) is 0 Å². The highest BCUT2D eigenvalue weighted by molar-refractivity contribution is 6.10. The summed E-state index contributed by atoms with van der Waals surface area (Å²) < 4.78 is 0. The first kappa shape index (κ1) is 16.5. The maximum Gasteiger partial charge on any atom is 0.266 e. The van der Waals surface area contributed by atoms with E-state index in [0.29, 0.717) is 0 Å². The number of carbonyl (C=O) groups excluding carboxylic acids is 1. The van der Waals surface area contributed by atoms with Crippen LogP contribution in [0.4, 0.5) is 5.69 Å². The molecule has 116 valence electrons. The van der Waals surface area contributed by atoms with E-state index < -0.39 is 0 Å². The number of para-hydroxylation sites is 1. The number of nitrogens with zero attached hydrogens (tertiary/aromatic N) is 1.